The number of anilines is 2. The van der Waals surface area contributed by atoms with Crippen molar-refractivity contribution in [2.75, 3.05) is 31.3 Å². The molecule has 0 spiro atoms. The first-order valence-electron chi connectivity index (χ1n) is 6.93. The van der Waals surface area contributed by atoms with E-state index in [4.69, 9.17) is 0 Å². The Bertz CT molecular complexity index is 654. The van der Waals surface area contributed by atoms with Crippen LogP contribution in [-0.2, 0) is 4.79 Å². The second kappa shape index (κ2) is 6.26. The summed E-state index contributed by atoms with van der Waals surface area (Å²) in [5, 5.41) is 7.12. The lowest BCUT2D eigenvalue weighted by molar-refractivity contribution is -0.130. The predicted molar refractivity (Wildman–Crippen MR) is 88.1 cm³/mol. The monoisotopic (exact) mass is 307 g/mol. The lowest BCUT2D eigenvalue weighted by Gasteiger charge is -2.21. The number of aryl methyl sites for hydroxylation is 1. The van der Waals surface area contributed by atoms with Crippen LogP contribution in [0.25, 0.3) is 10.2 Å². The number of fused-ring (bicyclic) bond motifs is 1. The van der Waals surface area contributed by atoms with Crippen molar-refractivity contribution < 1.29 is 4.79 Å². The molecule has 114 valence electrons. The normalized spacial score (nSPS) is 12.2. The molecule has 7 heteroatoms. The Morgan fingerprint density at radius 3 is 2.81 bits per heavy atom. The van der Waals surface area contributed by atoms with E-state index in [1.165, 1.54) is 4.88 Å². The number of likely N-dealkylation sites (N-methyl/N-ethyl adjacent to an activating group) is 1. The quantitative estimate of drug-likeness (QED) is 0.887. The maximum absolute atomic E-state index is 12.2. The van der Waals surface area contributed by atoms with Crippen LogP contribution in [0.4, 0.5) is 11.8 Å². The molecule has 0 saturated heterocycles. The summed E-state index contributed by atoms with van der Waals surface area (Å²) in [7, 11) is 3.58. The van der Waals surface area contributed by atoms with E-state index < -0.39 is 0 Å². The van der Waals surface area contributed by atoms with Crippen LogP contribution in [0.1, 0.15) is 18.7 Å². The fraction of sp³-hybridized carbons (Fsp3) is 0.500. The molecule has 0 saturated carbocycles. The largest absolute Gasteiger partial charge is 0.358 e. The van der Waals surface area contributed by atoms with Crippen molar-refractivity contribution in [2.24, 2.45) is 0 Å². The number of carbonyl (C=O) groups excluding carboxylic acids is 1. The molecule has 0 aromatic carbocycles. The number of hydrogen-bond acceptors (Lipinski definition) is 6. The molecule has 2 aromatic rings. The molecule has 0 aliphatic rings. The summed E-state index contributed by atoms with van der Waals surface area (Å²) in [5.74, 6) is 1.29. The second-order valence-corrected chi connectivity index (χ2v) is 6.17. The van der Waals surface area contributed by atoms with Crippen LogP contribution in [0.2, 0.25) is 0 Å². The van der Waals surface area contributed by atoms with Crippen LogP contribution in [0.3, 0.4) is 0 Å². The van der Waals surface area contributed by atoms with Gasteiger partial charge in [-0.2, -0.15) is 4.98 Å². The molecular weight excluding hydrogens is 286 g/mol. The van der Waals surface area contributed by atoms with E-state index >= 15 is 0 Å². The van der Waals surface area contributed by atoms with Crippen LogP contribution in [0.5, 0.6) is 0 Å². The second-order valence-electron chi connectivity index (χ2n) is 4.94. The number of hydrogen-bond donors (Lipinski definition) is 2. The van der Waals surface area contributed by atoms with Crippen molar-refractivity contribution >= 4 is 39.2 Å². The van der Waals surface area contributed by atoms with Crippen molar-refractivity contribution in [3.63, 3.8) is 0 Å². The van der Waals surface area contributed by atoms with Gasteiger partial charge in [-0.05, 0) is 26.8 Å². The Morgan fingerprint density at radius 2 is 2.19 bits per heavy atom. The van der Waals surface area contributed by atoms with Gasteiger partial charge in [0.15, 0.2) is 0 Å². The summed E-state index contributed by atoms with van der Waals surface area (Å²) in [4.78, 5) is 24.8. The molecule has 1 amide bonds. The number of amides is 1. The van der Waals surface area contributed by atoms with Crippen molar-refractivity contribution in [3.8, 4) is 0 Å². The van der Waals surface area contributed by atoms with Crippen molar-refractivity contribution in [1.29, 1.82) is 0 Å². The van der Waals surface area contributed by atoms with Gasteiger partial charge in [0.25, 0.3) is 0 Å². The highest BCUT2D eigenvalue weighted by Crippen LogP contribution is 2.29. The Balaban J connectivity index is 2.34. The lowest BCUT2D eigenvalue weighted by Crippen LogP contribution is -2.39. The highest BCUT2D eigenvalue weighted by atomic mass is 32.1. The first kappa shape index (κ1) is 15.5. The standard InChI is InChI=1S/C14H21N5OS/c1-6-19(5)13(20)9(3)16-11-10-7-8(2)21-12(10)18-14(15-4)17-11/h7,9H,6H2,1-5H3,(H2,15,16,17,18). The van der Waals surface area contributed by atoms with Crippen LogP contribution >= 0.6 is 11.3 Å². The molecule has 1 unspecified atom stereocenters. The van der Waals surface area contributed by atoms with E-state index in [2.05, 4.69) is 20.6 Å². The van der Waals surface area contributed by atoms with Gasteiger partial charge in [-0.15, -0.1) is 11.3 Å². The highest BCUT2D eigenvalue weighted by Gasteiger charge is 2.19. The average Bonchev–Trinajstić information content (AvgIpc) is 2.85. The van der Waals surface area contributed by atoms with Gasteiger partial charge in [0.2, 0.25) is 11.9 Å². The summed E-state index contributed by atoms with van der Waals surface area (Å²) in [5.41, 5.74) is 0. The molecule has 1 atom stereocenters. The summed E-state index contributed by atoms with van der Waals surface area (Å²) in [6.07, 6.45) is 0. The van der Waals surface area contributed by atoms with Crippen LogP contribution in [0.15, 0.2) is 6.07 Å². The zero-order valence-electron chi connectivity index (χ0n) is 13.0. The fourth-order valence-corrected chi connectivity index (χ4v) is 2.90. The van der Waals surface area contributed by atoms with Gasteiger partial charge < -0.3 is 15.5 Å². The van der Waals surface area contributed by atoms with Crippen LogP contribution in [0, 0.1) is 6.92 Å². The molecule has 0 aliphatic carbocycles. The zero-order chi connectivity index (χ0) is 15.6. The van der Waals surface area contributed by atoms with Gasteiger partial charge in [0.1, 0.15) is 16.7 Å². The fourth-order valence-electron chi connectivity index (χ4n) is 2.02. The molecule has 2 aromatic heterocycles. The zero-order valence-corrected chi connectivity index (χ0v) is 13.8. The van der Waals surface area contributed by atoms with E-state index in [1.54, 1.807) is 30.3 Å². The number of carbonyl (C=O) groups is 1. The van der Waals surface area contributed by atoms with Crippen LogP contribution < -0.4 is 10.6 Å². The number of rotatable bonds is 5. The highest BCUT2D eigenvalue weighted by molar-refractivity contribution is 7.18. The molecule has 0 radical (unpaired) electrons. The predicted octanol–water partition coefficient (Wildman–Crippen LogP) is 2.32. The third-order valence-corrected chi connectivity index (χ3v) is 4.26. The number of nitrogens with zero attached hydrogens (tertiary/aromatic N) is 3. The molecule has 2 N–H and O–H groups in total. The molecule has 0 bridgehead atoms. The first-order valence-corrected chi connectivity index (χ1v) is 7.75. The number of aromatic nitrogens is 2. The molecule has 21 heavy (non-hydrogen) atoms. The van der Waals surface area contributed by atoms with Crippen molar-refractivity contribution in [3.05, 3.63) is 10.9 Å². The van der Waals surface area contributed by atoms with E-state index in [9.17, 15) is 4.79 Å². The molecule has 2 rings (SSSR count). The summed E-state index contributed by atoms with van der Waals surface area (Å²) in [6, 6.07) is 1.71. The Morgan fingerprint density at radius 1 is 1.48 bits per heavy atom. The topological polar surface area (TPSA) is 70.2 Å². The third kappa shape index (κ3) is 3.24. The maximum atomic E-state index is 12.2. The van der Waals surface area contributed by atoms with Gasteiger partial charge in [-0.1, -0.05) is 0 Å². The minimum Gasteiger partial charge on any atom is -0.358 e. The van der Waals surface area contributed by atoms with Gasteiger partial charge >= 0.3 is 0 Å². The van der Waals surface area contributed by atoms with Gasteiger partial charge in [-0.3, -0.25) is 4.79 Å². The van der Waals surface area contributed by atoms with Crippen molar-refractivity contribution in [1.82, 2.24) is 14.9 Å². The van der Waals surface area contributed by atoms with Crippen molar-refractivity contribution in [2.45, 2.75) is 26.8 Å². The minimum atomic E-state index is -0.335. The van der Waals surface area contributed by atoms with E-state index in [0.717, 1.165) is 10.2 Å². The number of nitrogens with one attached hydrogen (secondary N) is 2. The SMILES string of the molecule is CCN(C)C(=O)C(C)Nc1nc(NC)nc2sc(C)cc12. The van der Waals surface area contributed by atoms with Gasteiger partial charge in [-0.25, -0.2) is 4.98 Å². The molecule has 0 fully saturated rings. The van der Waals surface area contributed by atoms with E-state index in [-0.39, 0.29) is 11.9 Å². The molecule has 6 nitrogen and oxygen atoms in total. The smallest absolute Gasteiger partial charge is 0.244 e. The Kier molecular flexibility index (Phi) is 4.62. The van der Waals surface area contributed by atoms with E-state index in [0.29, 0.717) is 18.3 Å². The minimum absolute atomic E-state index is 0.0437. The number of thiophene rings is 1. The molecule has 0 aliphatic heterocycles. The summed E-state index contributed by atoms with van der Waals surface area (Å²) in [6.45, 7) is 6.52. The molecule has 2 heterocycles. The first-order chi connectivity index (χ1) is 9.96. The summed E-state index contributed by atoms with van der Waals surface area (Å²) < 4.78 is 0. The lowest BCUT2D eigenvalue weighted by atomic mass is 10.2. The maximum Gasteiger partial charge on any atom is 0.244 e. The van der Waals surface area contributed by atoms with Crippen LogP contribution in [-0.4, -0.2) is 47.5 Å². The van der Waals surface area contributed by atoms with E-state index in [1.807, 2.05) is 26.8 Å². The summed E-state index contributed by atoms with van der Waals surface area (Å²) >= 11 is 1.62. The Hall–Kier alpha value is -1.89. The third-order valence-electron chi connectivity index (χ3n) is 3.31. The Labute approximate surface area is 128 Å². The van der Waals surface area contributed by atoms with Gasteiger partial charge in [0, 0.05) is 25.5 Å². The molecular formula is C14H21N5OS. The van der Waals surface area contributed by atoms with Gasteiger partial charge in [0.05, 0.1) is 5.39 Å². The average molecular weight is 307 g/mol.